The van der Waals surface area contributed by atoms with E-state index in [2.05, 4.69) is 4.98 Å². The molecule has 14 heavy (non-hydrogen) atoms. The zero-order chi connectivity index (χ0) is 10.8. The molecule has 76 valence electrons. The van der Waals surface area contributed by atoms with E-state index in [1.54, 1.807) is 6.92 Å². The summed E-state index contributed by atoms with van der Waals surface area (Å²) in [6.07, 6.45) is 1.03. The molecule has 0 saturated carbocycles. The van der Waals surface area contributed by atoms with Crippen LogP contribution in [0.2, 0.25) is 0 Å². The normalized spacial score (nSPS) is 14.7. The molecule has 1 aromatic heterocycles. The second kappa shape index (κ2) is 3.63. The number of hydrogen-bond donors (Lipinski definition) is 3. The summed E-state index contributed by atoms with van der Waals surface area (Å²) < 4.78 is 0. The van der Waals surface area contributed by atoms with Crippen LogP contribution in [0.15, 0.2) is 18.3 Å². The lowest BCUT2D eigenvalue weighted by Crippen LogP contribution is -2.36. The van der Waals surface area contributed by atoms with Crippen molar-refractivity contribution in [1.29, 1.82) is 0 Å². The largest absolute Gasteiger partial charge is 0.506 e. The number of hydrogen-bond acceptors (Lipinski definition) is 4. The number of rotatable bonds is 3. The van der Waals surface area contributed by atoms with E-state index in [-0.39, 0.29) is 12.2 Å². The molecule has 5 heteroatoms. The number of aliphatic carboxylic acids is 1. The van der Waals surface area contributed by atoms with Crippen molar-refractivity contribution in [1.82, 2.24) is 4.98 Å². The van der Waals surface area contributed by atoms with Gasteiger partial charge in [-0.25, -0.2) is 0 Å². The smallest absolute Gasteiger partial charge is 0.305 e. The van der Waals surface area contributed by atoms with Gasteiger partial charge in [0.15, 0.2) is 0 Å². The summed E-state index contributed by atoms with van der Waals surface area (Å²) in [6.45, 7) is 1.58. The number of carboxylic acids is 1. The average Bonchev–Trinajstić information content (AvgIpc) is 2.02. The van der Waals surface area contributed by atoms with Crippen LogP contribution in [0, 0.1) is 0 Å². The van der Waals surface area contributed by atoms with Crippen LogP contribution in [-0.2, 0) is 10.3 Å². The number of nitrogens with zero attached hydrogens (tertiary/aromatic N) is 1. The second-order valence-electron chi connectivity index (χ2n) is 3.39. The fourth-order valence-electron chi connectivity index (χ4n) is 1.13. The van der Waals surface area contributed by atoms with Crippen molar-refractivity contribution in [2.45, 2.75) is 18.9 Å². The van der Waals surface area contributed by atoms with E-state index in [9.17, 15) is 4.79 Å². The van der Waals surface area contributed by atoms with E-state index < -0.39 is 11.5 Å². The Morgan fingerprint density at radius 3 is 2.71 bits per heavy atom. The zero-order valence-electron chi connectivity index (χ0n) is 7.77. The summed E-state index contributed by atoms with van der Waals surface area (Å²) in [4.78, 5) is 14.4. The molecule has 1 heterocycles. The SMILES string of the molecule is C[C@@](N)(CC(=O)O)c1ccc(O)cn1. The van der Waals surface area contributed by atoms with Crippen LogP contribution in [0.25, 0.3) is 0 Å². The van der Waals surface area contributed by atoms with Gasteiger partial charge >= 0.3 is 5.97 Å². The molecule has 0 aromatic carbocycles. The Morgan fingerprint density at radius 2 is 2.29 bits per heavy atom. The monoisotopic (exact) mass is 196 g/mol. The van der Waals surface area contributed by atoms with Crippen molar-refractivity contribution in [3.63, 3.8) is 0 Å². The maximum absolute atomic E-state index is 10.5. The van der Waals surface area contributed by atoms with Crippen LogP contribution in [0.5, 0.6) is 5.75 Å². The summed E-state index contributed by atoms with van der Waals surface area (Å²) in [5.41, 5.74) is 5.19. The molecule has 0 radical (unpaired) electrons. The van der Waals surface area contributed by atoms with Crippen molar-refractivity contribution >= 4 is 5.97 Å². The van der Waals surface area contributed by atoms with Crippen molar-refractivity contribution in [2.75, 3.05) is 0 Å². The van der Waals surface area contributed by atoms with Crippen LogP contribution in [0.4, 0.5) is 0 Å². The molecule has 0 spiro atoms. The van der Waals surface area contributed by atoms with Gasteiger partial charge in [-0.3, -0.25) is 9.78 Å². The minimum Gasteiger partial charge on any atom is -0.506 e. The van der Waals surface area contributed by atoms with Crippen LogP contribution in [0.3, 0.4) is 0 Å². The Labute approximate surface area is 81.2 Å². The molecule has 4 N–H and O–H groups in total. The second-order valence-corrected chi connectivity index (χ2v) is 3.39. The van der Waals surface area contributed by atoms with Gasteiger partial charge in [0.2, 0.25) is 0 Å². The predicted octanol–water partition coefficient (Wildman–Crippen LogP) is 0.436. The number of aromatic hydroxyl groups is 1. The van der Waals surface area contributed by atoms with Gasteiger partial charge in [0.05, 0.1) is 23.9 Å². The van der Waals surface area contributed by atoms with E-state index in [1.807, 2.05) is 0 Å². The van der Waals surface area contributed by atoms with E-state index in [0.717, 1.165) is 0 Å². The molecule has 0 amide bonds. The molecule has 0 saturated heterocycles. The first-order valence-corrected chi connectivity index (χ1v) is 4.08. The minimum absolute atomic E-state index is 0.0277. The number of carbonyl (C=O) groups is 1. The maximum atomic E-state index is 10.5. The molecule has 0 fully saturated rings. The van der Waals surface area contributed by atoms with Crippen LogP contribution in [0.1, 0.15) is 19.0 Å². The summed E-state index contributed by atoms with van der Waals surface area (Å²) in [5, 5.41) is 17.6. The van der Waals surface area contributed by atoms with E-state index in [1.165, 1.54) is 18.3 Å². The highest BCUT2D eigenvalue weighted by Gasteiger charge is 2.25. The molecule has 0 aliphatic heterocycles. The first-order chi connectivity index (χ1) is 6.42. The fraction of sp³-hybridized carbons (Fsp3) is 0.333. The third-order valence-corrected chi connectivity index (χ3v) is 1.85. The quantitative estimate of drug-likeness (QED) is 0.651. The van der Waals surface area contributed by atoms with Gasteiger partial charge in [-0.1, -0.05) is 0 Å². The third kappa shape index (κ3) is 2.43. The first kappa shape index (κ1) is 10.5. The molecule has 0 aliphatic rings. The van der Waals surface area contributed by atoms with Gasteiger partial charge < -0.3 is 15.9 Å². The minimum atomic E-state index is -1.01. The first-order valence-electron chi connectivity index (χ1n) is 4.08. The Bertz CT molecular complexity index is 332. The highest BCUT2D eigenvalue weighted by Crippen LogP contribution is 2.20. The van der Waals surface area contributed by atoms with Gasteiger partial charge in [-0.05, 0) is 19.1 Å². The summed E-state index contributed by atoms with van der Waals surface area (Å²) in [6, 6.07) is 2.94. The Kier molecular flexibility index (Phi) is 2.71. The predicted molar refractivity (Wildman–Crippen MR) is 49.7 cm³/mol. The highest BCUT2D eigenvalue weighted by atomic mass is 16.4. The van der Waals surface area contributed by atoms with E-state index >= 15 is 0 Å². The molecule has 0 unspecified atom stereocenters. The lowest BCUT2D eigenvalue weighted by atomic mass is 9.94. The average molecular weight is 196 g/mol. The standard InChI is InChI=1S/C9H12N2O3/c1-9(10,4-8(13)14)7-3-2-6(12)5-11-7/h2-3,5,12H,4,10H2,1H3,(H,13,14)/t9-/m1/s1. The third-order valence-electron chi connectivity index (χ3n) is 1.85. The summed E-state index contributed by atoms with van der Waals surface area (Å²) >= 11 is 0. The van der Waals surface area contributed by atoms with Crippen molar-refractivity contribution in [3.8, 4) is 5.75 Å². The number of pyridine rings is 1. The van der Waals surface area contributed by atoms with Gasteiger partial charge in [0.1, 0.15) is 5.75 Å². The van der Waals surface area contributed by atoms with Crippen LogP contribution >= 0.6 is 0 Å². The summed E-state index contributed by atoms with van der Waals surface area (Å²) in [7, 11) is 0. The van der Waals surface area contributed by atoms with Crippen LogP contribution in [-0.4, -0.2) is 21.2 Å². The molecule has 1 rings (SSSR count). The van der Waals surface area contributed by atoms with E-state index in [0.29, 0.717) is 5.69 Å². The molecule has 0 bridgehead atoms. The summed E-state index contributed by atoms with van der Waals surface area (Å²) in [5.74, 6) is -0.954. The topological polar surface area (TPSA) is 96.4 Å². The van der Waals surface area contributed by atoms with E-state index in [4.69, 9.17) is 15.9 Å². The molecule has 1 atom stereocenters. The lowest BCUT2D eigenvalue weighted by Gasteiger charge is -2.21. The molecular formula is C9H12N2O3. The highest BCUT2D eigenvalue weighted by molar-refractivity contribution is 5.68. The van der Waals surface area contributed by atoms with Gasteiger partial charge in [0.25, 0.3) is 0 Å². The Balaban J connectivity index is 2.91. The van der Waals surface area contributed by atoms with Crippen molar-refractivity contribution < 1.29 is 15.0 Å². The fourth-order valence-corrected chi connectivity index (χ4v) is 1.13. The van der Waals surface area contributed by atoms with Crippen molar-refractivity contribution in [3.05, 3.63) is 24.0 Å². The molecule has 5 nitrogen and oxygen atoms in total. The van der Waals surface area contributed by atoms with Gasteiger partial charge in [-0.2, -0.15) is 0 Å². The van der Waals surface area contributed by atoms with Gasteiger partial charge in [0, 0.05) is 0 Å². The maximum Gasteiger partial charge on any atom is 0.305 e. The molecule has 0 aliphatic carbocycles. The van der Waals surface area contributed by atoms with Gasteiger partial charge in [-0.15, -0.1) is 0 Å². The lowest BCUT2D eigenvalue weighted by molar-refractivity contribution is -0.138. The zero-order valence-corrected chi connectivity index (χ0v) is 7.77. The molecular weight excluding hydrogens is 184 g/mol. The van der Waals surface area contributed by atoms with Crippen LogP contribution < -0.4 is 5.73 Å². The Morgan fingerprint density at radius 1 is 1.64 bits per heavy atom. The number of carboxylic acid groups (broad SMARTS) is 1. The number of nitrogens with two attached hydrogens (primary N) is 1. The number of aromatic nitrogens is 1. The van der Waals surface area contributed by atoms with Crippen molar-refractivity contribution in [2.24, 2.45) is 5.73 Å². The molecule has 1 aromatic rings. The Hall–Kier alpha value is -1.62.